The Morgan fingerprint density at radius 3 is 3.04 bits per heavy atom. The standard InChI is InChI=1S/C16H19N5OS/c1-4-5-7-19-21-9-12(22)15-14(18-10-21)13-11(20(2)3)6-8-17-16(13)23-15/h4-6,8,10,19H,7,9H2,1-3H3/b5-4-. The summed E-state index contributed by atoms with van der Waals surface area (Å²) in [5.74, 6) is 0.0539. The molecule has 0 unspecified atom stereocenters. The third-order valence-electron chi connectivity index (χ3n) is 3.57. The van der Waals surface area contributed by atoms with Crippen LogP contribution in [0.1, 0.15) is 16.6 Å². The molecule has 0 saturated carbocycles. The van der Waals surface area contributed by atoms with Gasteiger partial charge in [-0.1, -0.05) is 12.2 Å². The molecule has 6 nitrogen and oxygen atoms in total. The molecule has 120 valence electrons. The number of anilines is 1. The van der Waals surface area contributed by atoms with Crippen molar-refractivity contribution in [2.24, 2.45) is 4.99 Å². The molecule has 1 aliphatic rings. The second-order valence-electron chi connectivity index (χ2n) is 5.41. The molecule has 23 heavy (non-hydrogen) atoms. The minimum atomic E-state index is 0.0539. The minimum absolute atomic E-state index is 0.0539. The van der Waals surface area contributed by atoms with Gasteiger partial charge in [-0.05, 0) is 13.0 Å². The van der Waals surface area contributed by atoms with E-state index in [1.54, 1.807) is 17.5 Å². The summed E-state index contributed by atoms with van der Waals surface area (Å²) in [5, 5.41) is 2.67. The number of Topliss-reactive ketones (excluding diaryl/α,β-unsaturated/α-hetero) is 1. The third kappa shape index (κ3) is 2.97. The molecule has 0 fully saturated rings. The van der Waals surface area contributed by atoms with Crippen LogP contribution >= 0.6 is 11.3 Å². The highest BCUT2D eigenvalue weighted by Crippen LogP contribution is 2.42. The van der Waals surface area contributed by atoms with Gasteiger partial charge in [0.1, 0.15) is 16.0 Å². The average Bonchev–Trinajstić information content (AvgIpc) is 2.83. The van der Waals surface area contributed by atoms with Gasteiger partial charge in [0.05, 0.1) is 23.3 Å². The smallest absolute Gasteiger partial charge is 0.195 e. The zero-order valence-electron chi connectivity index (χ0n) is 13.4. The number of carbonyl (C=O) groups excluding carboxylic acids is 1. The first-order chi connectivity index (χ1) is 11.1. The summed E-state index contributed by atoms with van der Waals surface area (Å²) in [4.78, 5) is 25.1. The lowest BCUT2D eigenvalue weighted by atomic mass is 10.2. The molecule has 0 bridgehead atoms. The number of pyridine rings is 1. The van der Waals surface area contributed by atoms with Crippen molar-refractivity contribution in [3.8, 4) is 0 Å². The van der Waals surface area contributed by atoms with E-state index in [2.05, 4.69) is 15.4 Å². The molecule has 1 N–H and O–H groups in total. The van der Waals surface area contributed by atoms with Crippen LogP contribution in [0, 0.1) is 0 Å². The first-order valence-corrected chi connectivity index (χ1v) is 8.21. The Balaban J connectivity index is 2.04. The van der Waals surface area contributed by atoms with E-state index in [0.29, 0.717) is 11.4 Å². The Labute approximate surface area is 139 Å². The number of aliphatic imine (C=N–C) groups is 1. The van der Waals surface area contributed by atoms with Gasteiger partial charge in [-0.25, -0.2) is 15.4 Å². The van der Waals surface area contributed by atoms with Crippen LogP contribution in [0.3, 0.4) is 0 Å². The van der Waals surface area contributed by atoms with Crippen molar-refractivity contribution in [3.63, 3.8) is 0 Å². The van der Waals surface area contributed by atoms with Gasteiger partial charge >= 0.3 is 0 Å². The van der Waals surface area contributed by atoms with Gasteiger partial charge in [-0.3, -0.25) is 9.80 Å². The molecule has 0 atom stereocenters. The Morgan fingerprint density at radius 2 is 2.30 bits per heavy atom. The van der Waals surface area contributed by atoms with E-state index in [1.165, 1.54) is 11.3 Å². The maximum Gasteiger partial charge on any atom is 0.195 e. The fourth-order valence-electron chi connectivity index (χ4n) is 2.46. The lowest BCUT2D eigenvalue weighted by Gasteiger charge is -2.16. The summed E-state index contributed by atoms with van der Waals surface area (Å²) in [6.07, 6.45) is 7.41. The molecule has 0 aliphatic carbocycles. The summed E-state index contributed by atoms with van der Waals surface area (Å²) in [6, 6.07) is 1.95. The number of hydrogen-bond donors (Lipinski definition) is 1. The van der Waals surface area contributed by atoms with Gasteiger partial charge in [0.15, 0.2) is 5.78 Å². The Morgan fingerprint density at radius 1 is 1.48 bits per heavy atom. The fraction of sp³-hybridized carbons (Fsp3) is 0.312. The van der Waals surface area contributed by atoms with Crippen molar-refractivity contribution in [1.82, 2.24) is 15.4 Å². The molecule has 1 aliphatic heterocycles. The van der Waals surface area contributed by atoms with Crippen molar-refractivity contribution in [3.05, 3.63) is 29.3 Å². The summed E-state index contributed by atoms with van der Waals surface area (Å²) in [5.41, 5.74) is 4.90. The van der Waals surface area contributed by atoms with Crippen molar-refractivity contribution in [2.45, 2.75) is 6.92 Å². The quantitative estimate of drug-likeness (QED) is 0.874. The molecule has 0 aromatic carbocycles. The van der Waals surface area contributed by atoms with Crippen molar-refractivity contribution in [2.75, 3.05) is 32.1 Å². The molecule has 3 rings (SSSR count). The minimum Gasteiger partial charge on any atom is -0.377 e. The molecule has 0 radical (unpaired) electrons. The van der Waals surface area contributed by atoms with E-state index < -0.39 is 0 Å². The van der Waals surface area contributed by atoms with Gasteiger partial charge in [-0.2, -0.15) is 0 Å². The lowest BCUT2D eigenvalue weighted by Crippen LogP contribution is -2.39. The predicted molar refractivity (Wildman–Crippen MR) is 96.0 cm³/mol. The zero-order chi connectivity index (χ0) is 16.4. The largest absolute Gasteiger partial charge is 0.377 e. The van der Waals surface area contributed by atoms with E-state index in [0.717, 1.165) is 21.6 Å². The number of thiophene rings is 1. The van der Waals surface area contributed by atoms with E-state index in [-0.39, 0.29) is 12.3 Å². The van der Waals surface area contributed by atoms with Crippen LogP contribution in [0.5, 0.6) is 0 Å². The fourth-order valence-corrected chi connectivity index (χ4v) is 3.50. The van der Waals surface area contributed by atoms with Crippen molar-refractivity contribution < 1.29 is 4.79 Å². The number of carbonyl (C=O) groups is 1. The number of hydrogen-bond acceptors (Lipinski definition) is 7. The highest BCUT2D eigenvalue weighted by molar-refractivity contribution is 7.21. The number of nitrogens with one attached hydrogen (secondary N) is 1. The molecule has 3 heterocycles. The van der Waals surface area contributed by atoms with Crippen LogP contribution in [0.2, 0.25) is 0 Å². The monoisotopic (exact) mass is 329 g/mol. The molecule has 0 amide bonds. The van der Waals surface area contributed by atoms with Crippen molar-refractivity contribution >= 4 is 45.0 Å². The van der Waals surface area contributed by atoms with E-state index >= 15 is 0 Å². The SMILES string of the molecule is C/C=C\CNN1C=Nc2c(sc3nccc(N(C)C)c23)C(=O)C1. The maximum absolute atomic E-state index is 12.6. The topological polar surface area (TPSA) is 60.8 Å². The van der Waals surface area contributed by atoms with Crippen LogP contribution in [0.15, 0.2) is 29.4 Å². The summed E-state index contributed by atoms with van der Waals surface area (Å²) >= 11 is 1.41. The molecule has 2 aromatic rings. The number of ketones is 1. The predicted octanol–water partition coefficient (Wildman–Crippen LogP) is 2.60. The lowest BCUT2D eigenvalue weighted by molar-refractivity contribution is 0.0956. The number of aromatic nitrogens is 1. The Hall–Kier alpha value is -2.25. The summed E-state index contributed by atoms with van der Waals surface area (Å²) < 4.78 is 0. The molecular formula is C16H19N5OS. The Kier molecular flexibility index (Phi) is 4.40. The highest BCUT2D eigenvalue weighted by atomic mass is 32.1. The van der Waals surface area contributed by atoms with E-state index in [1.807, 2.05) is 44.1 Å². The first-order valence-electron chi connectivity index (χ1n) is 7.39. The van der Waals surface area contributed by atoms with Crippen LogP contribution in [-0.2, 0) is 0 Å². The normalized spacial score (nSPS) is 14.6. The van der Waals surface area contributed by atoms with Crippen LogP contribution < -0.4 is 10.3 Å². The van der Waals surface area contributed by atoms with Crippen LogP contribution in [0.25, 0.3) is 10.2 Å². The molecule has 2 aromatic heterocycles. The van der Waals surface area contributed by atoms with Gasteiger partial charge in [0, 0.05) is 26.8 Å². The number of hydrazine groups is 1. The van der Waals surface area contributed by atoms with E-state index in [9.17, 15) is 4.79 Å². The van der Waals surface area contributed by atoms with Crippen molar-refractivity contribution in [1.29, 1.82) is 0 Å². The van der Waals surface area contributed by atoms with Gasteiger partial charge in [-0.15, -0.1) is 11.3 Å². The molecule has 7 heteroatoms. The molecule has 0 saturated heterocycles. The number of allylic oxidation sites excluding steroid dienone is 1. The number of nitrogens with zero attached hydrogens (tertiary/aromatic N) is 4. The zero-order valence-corrected chi connectivity index (χ0v) is 14.2. The van der Waals surface area contributed by atoms with Gasteiger partial charge in [0.2, 0.25) is 0 Å². The van der Waals surface area contributed by atoms with Gasteiger partial charge < -0.3 is 4.90 Å². The number of rotatable bonds is 4. The first kappa shape index (κ1) is 15.6. The second-order valence-corrected chi connectivity index (χ2v) is 6.41. The summed E-state index contributed by atoms with van der Waals surface area (Å²) in [7, 11) is 3.96. The molecule has 0 spiro atoms. The van der Waals surface area contributed by atoms with Gasteiger partial charge in [0.25, 0.3) is 0 Å². The summed E-state index contributed by atoms with van der Waals surface area (Å²) in [6.45, 7) is 2.88. The van der Waals surface area contributed by atoms with Crippen LogP contribution in [-0.4, -0.2) is 49.3 Å². The highest BCUT2D eigenvalue weighted by Gasteiger charge is 2.25. The van der Waals surface area contributed by atoms with E-state index in [4.69, 9.17) is 0 Å². The maximum atomic E-state index is 12.6. The number of fused-ring (bicyclic) bond motifs is 3. The van der Waals surface area contributed by atoms with Crippen LogP contribution in [0.4, 0.5) is 11.4 Å². The Bertz CT molecular complexity index is 793. The second kappa shape index (κ2) is 6.47. The average molecular weight is 329 g/mol. The molecular weight excluding hydrogens is 310 g/mol. The third-order valence-corrected chi connectivity index (χ3v) is 4.70.